The van der Waals surface area contributed by atoms with Gasteiger partial charge < -0.3 is 30.5 Å². The molecule has 1 aliphatic rings. The lowest BCUT2D eigenvalue weighted by Gasteiger charge is -2.36. The SMILES string of the molecule is CC(=O)Nc1ccc(SC[C@H]2C[C@@H](c3ccc(CO)cc3)O[C@@H](c3ccc(CNC(=O)NCc4ccccc4)cc3)O2)cc1. The number of benzene rings is 4. The van der Waals surface area contributed by atoms with Crippen molar-refractivity contribution >= 4 is 29.4 Å². The summed E-state index contributed by atoms with van der Waals surface area (Å²) in [4.78, 5) is 24.7. The summed E-state index contributed by atoms with van der Waals surface area (Å²) in [6, 6.07) is 33.1. The zero-order valence-corrected chi connectivity index (χ0v) is 25.4. The number of rotatable bonds is 11. The van der Waals surface area contributed by atoms with Gasteiger partial charge in [0.15, 0.2) is 6.29 Å². The van der Waals surface area contributed by atoms with Gasteiger partial charge in [-0.05, 0) is 46.5 Å². The monoisotopic (exact) mass is 611 g/mol. The van der Waals surface area contributed by atoms with Gasteiger partial charge >= 0.3 is 6.03 Å². The van der Waals surface area contributed by atoms with Crippen LogP contribution in [-0.4, -0.2) is 28.9 Å². The van der Waals surface area contributed by atoms with Crippen molar-refractivity contribution in [2.75, 3.05) is 11.1 Å². The van der Waals surface area contributed by atoms with Gasteiger partial charge in [0.05, 0.1) is 18.8 Å². The molecule has 0 bridgehead atoms. The Balaban J connectivity index is 1.21. The second kappa shape index (κ2) is 15.5. The summed E-state index contributed by atoms with van der Waals surface area (Å²) in [6.45, 7) is 2.35. The van der Waals surface area contributed by atoms with Crippen molar-refractivity contribution in [3.05, 3.63) is 131 Å². The predicted molar refractivity (Wildman–Crippen MR) is 172 cm³/mol. The normalized spacial score (nSPS) is 17.9. The maximum Gasteiger partial charge on any atom is 0.315 e. The van der Waals surface area contributed by atoms with Crippen LogP contribution < -0.4 is 16.0 Å². The van der Waals surface area contributed by atoms with Crippen molar-refractivity contribution in [1.29, 1.82) is 0 Å². The lowest BCUT2D eigenvalue weighted by molar-refractivity contribution is -0.245. The van der Waals surface area contributed by atoms with E-state index in [9.17, 15) is 14.7 Å². The summed E-state index contributed by atoms with van der Waals surface area (Å²) < 4.78 is 12.9. The summed E-state index contributed by atoms with van der Waals surface area (Å²) in [5.41, 5.74) is 5.55. The van der Waals surface area contributed by atoms with Crippen molar-refractivity contribution in [2.45, 2.75) is 56.4 Å². The molecule has 228 valence electrons. The van der Waals surface area contributed by atoms with Crippen molar-refractivity contribution in [3.8, 4) is 0 Å². The number of thioether (sulfide) groups is 1. The van der Waals surface area contributed by atoms with Gasteiger partial charge in [-0.2, -0.15) is 0 Å². The molecular weight excluding hydrogens is 574 g/mol. The van der Waals surface area contributed by atoms with Crippen LogP contribution in [0.15, 0.2) is 108 Å². The summed E-state index contributed by atoms with van der Waals surface area (Å²) in [5.74, 6) is 0.628. The fourth-order valence-corrected chi connectivity index (χ4v) is 5.79. The Morgan fingerprint density at radius 3 is 2.02 bits per heavy atom. The zero-order chi connectivity index (χ0) is 30.7. The molecule has 1 aliphatic heterocycles. The molecule has 4 aromatic carbocycles. The quantitative estimate of drug-likeness (QED) is 0.145. The molecule has 1 saturated heterocycles. The lowest BCUT2D eigenvalue weighted by atomic mass is 10.0. The molecule has 0 saturated carbocycles. The zero-order valence-electron chi connectivity index (χ0n) is 24.6. The molecule has 0 spiro atoms. The van der Waals surface area contributed by atoms with E-state index in [0.717, 1.165) is 44.2 Å². The third kappa shape index (κ3) is 9.17. The van der Waals surface area contributed by atoms with E-state index in [-0.39, 0.29) is 30.8 Å². The van der Waals surface area contributed by atoms with E-state index in [1.807, 2.05) is 103 Å². The fraction of sp³-hybridized carbons (Fsp3) is 0.257. The van der Waals surface area contributed by atoms with E-state index < -0.39 is 6.29 Å². The highest BCUT2D eigenvalue weighted by Crippen LogP contribution is 2.39. The van der Waals surface area contributed by atoms with Gasteiger partial charge in [0, 0.05) is 48.3 Å². The molecule has 0 aliphatic carbocycles. The van der Waals surface area contributed by atoms with E-state index >= 15 is 0 Å². The number of aliphatic hydroxyl groups is 1. The Morgan fingerprint density at radius 2 is 1.39 bits per heavy atom. The predicted octanol–water partition coefficient (Wildman–Crippen LogP) is 6.47. The highest BCUT2D eigenvalue weighted by atomic mass is 32.2. The molecule has 1 heterocycles. The smallest absolute Gasteiger partial charge is 0.315 e. The maximum atomic E-state index is 12.3. The number of ether oxygens (including phenoxy) is 2. The van der Waals surface area contributed by atoms with Crippen LogP contribution in [0.3, 0.4) is 0 Å². The molecule has 9 heteroatoms. The number of hydrogen-bond acceptors (Lipinski definition) is 6. The molecule has 0 radical (unpaired) electrons. The molecule has 3 atom stereocenters. The minimum absolute atomic E-state index is 0.00652. The molecule has 5 rings (SSSR count). The van der Waals surface area contributed by atoms with Crippen LogP contribution in [0, 0.1) is 0 Å². The largest absolute Gasteiger partial charge is 0.392 e. The molecule has 4 N–H and O–H groups in total. The highest BCUT2D eigenvalue weighted by molar-refractivity contribution is 7.99. The molecule has 4 aromatic rings. The summed E-state index contributed by atoms with van der Waals surface area (Å²) in [6.07, 6.45) is -0.128. The summed E-state index contributed by atoms with van der Waals surface area (Å²) in [7, 11) is 0. The Hall–Kier alpha value is -4.15. The minimum atomic E-state index is -0.560. The first-order chi connectivity index (χ1) is 21.4. The number of nitrogens with one attached hydrogen (secondary N) is 3. The Labute approximate surface area is 262 Å². The third-order valence-electron chi connectivity index (χ3n) is 7.23. The standard InChI is InChI=1S/C35H37N3O5S/c1-24(40)38-30-15-17-32(18-16-30)44-23-31-19-33(28-11-9-27(22-39)10-12-28)43-34(42-31)29-13-7-26(8-14-29)21-37-35(41)36-20-25-5-3-2-4-6-25/h2-18,31,33-34,39H,19-23H2,1H3,(H,38,40)(H2,36,37,41)/t31-,33+,34+/m1/s1. The first-order valence-electron chi connectivity index (χ1n) is 14.6. The van der Waals surface area contributed by atoms with Gasteiger partial charge in [-0.15, -0.1) is 11.8 Å². The number of hydrogen-bond donors (Lipinski definition) is 4. The maximum absolute atomic E-state index is 12.3. The van der Waals surface area contributed by atoms with Gasteiger partial charge in [-0.3, -0.25) is 4.79 Å². The third-order valence-corrected chi connectivity index (χ3v) is 8.37. The van der Waals surface area contributed by atoms with Crippen molar-refractivity contribution in [2.24, 2.45) is 0 Å². The van der Waals surface area contributed by atoms with Crippen LogP contribution in [0.1, 0.15) is 53.6 Å². The number of carbonyl (C=O) groups is 2. The van der Waals surface area contributed by atoms with Gasteiger partial charge in [0.1, 0.15) is 0 Å². The Bertz CT molecular complexity index is 1500. The average Bonchev–Trinajstić information content (AvgIpc) is 3.06. The van der Waals surface area contributed by atoms with Crippen LogP contribution in [0.25, 0.3) is 0 Å². The van der Waals surface area contributed by atoms with Gasteiger partial charge in [0.2, 0.25) is 5.91 Å². The molecule has 1 fully saturated rings. The van der Waals surface area contributed by atoms with E-state index in [4.69, 9.17) is 9.47 Å². The topological polar surface area (TPSA) is 109 Å². The number of amides is 3. The van der Waals surface area contributed by atoms with Crippen molar-refractivity contribution in [1.82, 2.24) is 10.6 Å². The fourth-order valence-electron chi connectivity index (χ4n) is 4.87. The number of anilines is 1. The Kier molecular flexibility index (Phi) is 11.0. The van der Waals surface area contributed by atoms with Crippen LogP contribution in [0.5, 0.6) is 0 Å². The highest BCUT2D eigenvalue weighted by Gasteiger charge is 2.32. The van der Waals surface area contributed by atoms with Gasteiger partial charge in [0.25, 0.3) is 0 Å². The first-order valence-corrected chi connectivity index (χ1v) is 15.6. The molecule has 0 aromatic heterocycles. The van der Waals surface area contributed by atoms with E-state index in [2.05, 4.69) is 16.0 Å². The van der Waals surface area contributed by atoms with E-state index in [0.29, 0.717) is 19.5 Å². The number of carbonyl (C=O) groups excluding carboxylic acids is 2. The molecule has 3 amide bonds. The van der Waals surface area contributed by atoms with Crippen LogP contribution in [-0.2, 0) is 34.0 Å². The number of urea groups is 1. The lowest BCUT2D eigenvalue weighted by Crippen LogP contribution is -2.34. The molecule has 0 unspecified atom stereocenters. The van der Waals surface area contributed by atoms with Gasteiger partial charge in [-0.1, -0.05) is 78.9 Å². The number of aliphatic hydroxyl groups excluding tert-OH is 1. The van der Waals surface area contributed by atoms with Crippen molar-refractivity contribution in [3.63, 3.8) is 0 Å². The summed E-state index contributed by atoms with van der Waals surface area (Å²) >= 11 is 1.70. The van der Waals surface area contributed by atoms with E-state index in [1.54, 1.807) is 11.8 Å². The summed E-state index contributed by atoms with van der Waals surface area (Å²) in [5, 5.41) is 18.0. The first kappa shape index (κ1) is 31.3. The molecular formula is C35H37N3O5S. The minimum Gasteiger partial charge on any atom is -0.392 e. The van der Waals surface area contributed by atoms with Gasteiger partial charge in [-0.25, -0.2) is 4.79 Å². The van der Waals surface area contributed by atoms with E-state index in [1.165, 1.54) is 6.92 Å². The second-order valence-electron chi connectivity index (χ2n) is 10.6. The van der Waals surface area contributed by atoms with Crippen molar-refractivity contribution < 1.29 is 24.2 Å². The Morgan fingerprint density at radius 1 is 0.773 bits per heavy atom. The second-order valence-corrected chi connectivity index (χ2v) is 11.7. The van der Waals surface area contributed by atoms with Crippen LogP contribution in [0.2, 0.25) is 0 Å². The van der Waals surface area contributed by atoms with Crippen LogP contribution >= 0.6 is 11.8 Å². The average molecular weight is 612 g/mol. The van der Waals surface area contributed by atoms with Crippen LogP contribution in [0.4, 0.5) is 10.5 Å². The molecule has 8 nitrogen and oxygen atoms in total. The molecule has 44 heavy (non-hydrogen) atoms.